The Balaban J connectivity index is 1.57. The lowest BCUT2D eigenvalue weighted by molar-refractivity contribution is -0.162. The fourth-order valence-corrected chi connectivity index (χ4v) is 5.61. The number of likely N-dealkylation sites (tertiary alicyclic amines) is 1. The van der Waals surface area contributed by atoms with E-state index in [1.54, 1.807) is 0 Å². The molecule has 0 unspecified atom stereocenters. The van der Waals surface area contributed by atoms with Crippen LogP contribution in [0.2, 0.25) is 0 Å². The highest BCUT2D eigenvalue weighted by atomic mass is 19.3. The highest BCUT2D eigenvalue weighted by Gasteiger charge is 2.55. The molecule has 11 heteroatoms. The Labute approximate surface area is 199 Å². The van der Waals surface area contributed by atoms with E-state index in [-0.39, 0.29) is 24.8 Å². The lowest BCUT2D eigenvalue weighted by Gasteiger charge is -2.31. The van der Waals surface area contributed by atoms with E-state index < -0.39 is 65.5 Å². The molecule has 5 atom stereocenters. The lowest BCUT2D eigenvalue weighted by Crippen LogP contribution is -2.55. The standard InChI is InChI=1S/C24H27F4N3O4/c25-11-19(32)18(9-13-7-8-29-21(13)33)30-22(34)20-17-6-1-3-14(17)12-31(20)23(35)24(27,28)15-4-2-5-16(26)10-15/h2,4-5,10,13-14,17-18,20H,1,3,6-9,11-12H2,(H,29,33)(H,30,34)/t13-,14-,17-,18-,20+/m1/s1. The van der Waals surface area contributed by atoms with E-state index in [1.807, 2.05) is 0 Å². The molecule has 3 fully saturated rings. The van der Waals surface area contributed by atoms with Crippen LogP contribution in [-0.4, -0.2) is 60.3 Å². The van der Waals surface area contributed by atoms with E-state index in [9.17, 15) is 28.0 Å². The van der Waals surface area contributed by atoms with E-state index in [0.29, 0.717) is 31.9 Å². The van der Waals surface area contributed by atoms with Crippen LogP contribution in [0.25, 0.3) is 0 Å². The van der Waals surface area contributed by atoms with Crippen molar-refractivity contribution in [3.63, 3.8) is 0 Å². The molecule has 1 saturated carbocycles. The number of hydrogen-bond acceptors (Lipinski definition) is 4. The summed E-state index contributed by atoms with van der Waals surface area (Å²) in [7, 11) is 0. The molecule has 7 nitrogen and oxygen atoms in total. The van der Waals surface area contributed by atoms with Crippen LogP contribution in [0.5, 0.6) is 0 Å². The number of benzene rings is 1. The van der Waals surface area contributed by atoms with Gasteiger partial charge in [-0.2, -0.15) is 8.78 Å². The quantitative estimate of drug-likeness (QED) is 0.538. The van der Waals surface area contributed by atoms with E-state index in [0.717, 1.165) is 29.5 Å². The summed E-state index contributed by atoms with van der Waals surface area (Å²) in [6.07, 6.45) is 2.25. The molecule has 35 heavy (non-hydrogen) atoms. The summed E-state index contributed by atoms with van der Waals surface area (Å²) in [5.74, 6) is -9.84. The van der Waals surface area contributed by atoms with Gasteiger partial charge in [-0.15, -0.1) is 0 Å². The summed E-state index contributed by atoms with van der Waals surface area (Å²) in [4.78, 5) is 51.3. The minimum Gasteiger partial charge on any atom is -0.356 e. The average molecular weight is 497 g/mol. The van der Waals surface area contributed by atoms with Crippen LogP contribution in [0.1, 0.15) is 37.7 Å². The van der Waals surface area contributed by atoms with Gasteiger partial charge in [0.15, 0.2) is 5.78 Å². The Kier molecular flexibility index (Phi) is 7.14. The van der Waals surface area contributed by atoms with Crippen molar-refractivity contribution >= 4 is 23.5 Å². The van der Waals surface area contributed by atoms with Crippen molar-refractivity contribution in [1.82, 2.24) is 15.5 Å². The second kappa shape index (κ2) is 9.94. The molecular weight excluding hydrogens is 470 g/mol. The van der Waals surface area contributed by atoms with Crippen LogP contribution in [0.15, 0.2) is 24.3 Å². The van der Waals surface area contributed by atoms with Gasteiger partial charge in [-0.05, 0) is 49.7 Å². The van der Waals surface area contributed by atoms with E-state index in [1.165, 1.54) is 0 Å². The molecule has 0 spiro atoms. The van der Waals surface area contributed by atoms with Crippen LogP contribution in [0.4, 0.5) is 17.6 Å². The lowest BCUT2D eigenvalue weighted by atomic mass is 9.92. The van der Waals surface area contributed by atoms with E-state index >= 15 is 8.78 Å². The van der Waals surface area contributed by atoms with Crippen molar-refractivity contribution in [1.29, 1.82) is 0 Å². The molecule has 190 valence electrons. The van der Waals surface area contributed by atoms with Crippen LogP contribution in [0, 0.1) is 23.6 Å². The zero-order valence-corrected chi connectivity index (χ0v) is 18.9. The Morgan fingerprint density at radius 3 is 2.63 bits per heavy atom. The van der Waals surface area contributed by atoms with Crippen LogP contribution in [0.3, 0.4) is 0 Å². The van der Waals surface area contributed by atoms with Gasteiger partial charge in [0.05, 0.1) is 6.04 Å². The molecule has 3 amide bonds. The van der Waals surface area contributed by atoms with Crippen LogP contribution < -0.4 is 10.6 Å². The third-order valence-corrected chi connectivity index (χ3v) is 7.40. The summed E-state index contributed by atoms with van der Waals surface area (Å²) >= 11 is 0. The van der Waals surface area contributed by atoms with E-state index in [2.05, 4.69) is 10.6 Å². The Bertz CT molecular complexity index is 1020. The summed E-state index contributed by atoms with van der Waals surface area (Å²) in [6, 6.07) is 0.972. The highest BCUT2D eigenvalue weighted by Crippen LogP contribution is 2.44. The molecule has 0 bridgehead atoms. The molecule has 2 N–H and O–H groups in total. The summed E-state index contributed by atoms with van der Waals surface area (Å²) in [5.41, 5.74) is -0.823. The molecule has 2 aliphatic heterocycles. The molecule has 0 aromatic heterocycles. The number of nitrogens with one attached hydrogen (secondary N) is 2. The maximum atomic E-state index is 15.1. The summed E-state index contributed by atoms with van der Waals surface area (Å²) < 4.78 is 57.0. The number of carbonyl (C=O) groups is 4. The highest BCUT2D eigenvalue weighted by molar-refractivity contribution is 5.95. The zero-order chi connectivity index (χ0) is 25.3. The number of carbonyl (C=O) groups excluding carboxylic acids is 4. The van der Waals surface area contributed by atoms with E-state index in [4.69, 9.17) is 0 Å². The zero-order valence-electron chi connectivity index (χ0n) is 18.9. The van der Waals surface area contributed by atoms with Gasteiger partial charge >= 0.3 is 5.92 Å². The van der Waals surface area contributed by atoms with Gasteiger partial charge in [0.2, 0.25) is 11.8 Å². The maximum absolute atomic E-state index is 15.1. The smallest absolute Gasteiger partial charge is 0.350 e. The molecule has 2 saturated heterocycles. The van der Waals surface area contributed by atoms with Crippen LogP contribution >= 0.6 is 0 Å². The number of ketones is 1. The number of fused-ring (bicyclic) bond motifs is 1. The number of hydrogen-bond donors (Lipinski definition) is 2. The van der Waals surface area contributed by atoms with Gasteiger partial charge in [0, 0.05) is 24.6 Å². The fourth-order valence-electron chi connectivity index (χ4n) is 5.61. The van der Waals surface area contributed by atoms with Crippen molar-refractivity contribution in [2.75, 3.05) is 19.8 Å². The Morgan fingerprint density at radius 1 is 1.20 bits per heavy atom. The molecule has 3 aliphatic rings. The summed E-state index contributed by atoms with van der Waals surface area (Å²) in [5, 5.41) is 5.06. The first kappa shape index (κ1) is 25.1. The number of nitrogens with zero attached hydrogens (tertiary/aromatic N) is 1. The van der Waals surface area contributed by atoms with Crippen molar-refractivity contribution < 1.29 is 36.7 Å². The molecular formula is C24H27F4N3O4. The predicted octanol–water partition coefficient (Wildman–Crippen LogP) is 2.09. The molecule has 1 aliphatic carbocycles. The van der Waals surface area contributed by atoms with Crippen molar-refractivity contribution in [3.05, 3.63) is 35.6 Å². The first-order valence-corrected chi connectivity index (χ1v) is 11.7. The monoisotopic (exact) mass is 497 g/mol. The normalized spacial score (nSPS) is 26.9. The Morgan fingerprint density at radius 2 is 1.97 bits per heavy atom. The van der Waals surface area contributed by atoms with Crippen molar-refractivity contribution in [3.8, 4) is 0 Å². The molecule has 2 heterocycles. The number of rotatable bonds is 8. The fraction of sp³-hybridized carbons (Fsp3) is 0.583. The Hall–Kier alpha value is -2.98. The van der Waals surface area contributed by atoms with Gasteiger partial charge in [0.25, 0.3) is 5.91 Å². The number of halogens is 4. The topological polar surface area (TPSA) is 95.6 Å². The third-order valence-electron chi connectivity index (χ3n) is 7.40. The van der Waals surface area contributed by atoms with Gasteiger partial charge in [0.1, 0.15) is 18.5 Å². The van der Waals surface area contributed by atoms with Gasteiger partial charge < -0.3 is 15.5 Å². The molecule has 0 radical (unpaired) electrons. The predicted molar refractivity (Wildman–Crippen MR) is 115 cm³/mol. The SMILES string of the molecule is O=C1NCC[C@@H]1C[C@@H](NC(=O)[C@@H]1[C@@H]2CCC[C@@H]2CN1C(=O)C(F)(F)c1cccc(F)c1)C(=O)CF. The second-order valence-electron chi connectivity index (χ2n) is 9.52. The number of amides is 3. The minimum absolute atomic E-state index is 0.0702. The molecule has 1 aromatic carbocycles. The molecule has 1 aromatic rings. The van der Waals surface area contributed by atoms with Crippen molar-refractivity contribution in [2.24, 2.45) is 17.8 Å². The number of alkyl halides is 3. The third kappa shape index (κ3) is 4.90. The van der Waals surface area contributed by atoms with Crippen LogP contribution in [-0.2, 0) is 25.1 Å². The van der Waals surface area contributed by atoms with Gasteiger partial charge in [-0.25, -0.2) is 8.78 Å². The summed E-state index contributed by atoms with van der Waals surface area (Å²) in [6.45, 7) is -1.03. The average Bonchev–Trinajstić information content (AvgIpc) is 3.53. The first-order chi connectivity index (χ1) is 16.6. The largest absolute Gasteiger partial charge is 0.356 e. The van der Waals surface area contributed by atoms with Crippen molar-refractivity contribution in [2.45, 2.75) is 50.1 Å². The molecule has 4 rings (SSSR count). The maximum Gasteiger partial charge on any atom is 0.350 e. The first-order valence-electron chi connectivity index (χ1n) is 11.7. The number of Topliss-reactive ketones (excluding diaryl/α,β-unsaturated/α-hetero) is 1. The van der Waals surface area contributed by atoms with Gasteiger partial charge in [-0.1, -0.05) is 18.6 Å². The second-order valence-corrected chi connectivity index (χ2v) is 9.52. The van der Waals surface area contributed by atoms with Gasteiger partial charge in [-0.3, -0.25) is 19.2 Å². The minimum atomic E-state index is -4.07.